The Bertz CT molecular complexity index is 1240. The molecule has 0 amide bonds. The molecule has 0 saturated carbocycles. The topological polar surface area (TPSA) is 113 Å². The number of nitro benzene ring substituents is 1. The predicted octanol–water partition coefficient (Wildman–Crippen LogP) is 4.31. The van der Waals surface area contributed by atoms with E-state index in [0.29, 0.717) is 27.0 Å². The minimum Gasteiger partial charge on any atom is -0.454 e. The van der Waals surface area contributed by atoms with Crippen molar-refractivity contribution < 1.29 is 14.5 Å². The van der Waals surface area contributed by atoms with E-state index in [9.17, 15) is 14.9 Å². The fourth-order valence-electron chi connectivity index (χ4n) is 2.65. The summed E-state index contributed by atoms with van der Waals surface area (Å²) in [6.45, 7) is -0.0715. The number of rotatable bonds is 6. The van der Waals surface area contributed by atoms with Crippen LogP contribution in [0.1, 0.15) is 16.2 Å². The van der Waals surface area contributed by atoms with Gasteiger partial charge < -0.3 is 4.74 Å². The minimum absolute atomic E-state index is 0.0176. The Hall–Kier alpha value is -3.63. The summed E-state index contributed by atoms with van der Waals surface area (Å²) in [4.78, 5) is 27.4. The van der Waals surface area contributed by atoms with Crippen LogP contribution in [0.5, 0.6) is 0 Å². The van der Waals surface area contributed by atoms with E-state index < -0.39 is 10.9 Å². The number of nitrogens with zero attached hydrogens (tertiary/aromatic N) is 5. The van der Waals surface area contributed by atoms with E-state index in [-0.39, 0.29) is 18.0 Å². The van der Waals surface area contributed by atoms with Crippen LogP contribution >= 0.6 is 22.9 Å². The standard InChI is InChI=1S/C19H12ClN5O4S/c20-15-6-1-2-7-16(15)24-17(9-21-23-24)19(26)29-10-13-11-30-18(22-13)12-4-3-5-14(8-12)25(27)28/h1-9,11H,10H2. The van der Waals surface area contributed by atoms with Crippen molar-refractivity contribution in [3.8, 4) is 16.3 Å². The lowest BCUT2D eigenvalue weighted by Gasteiger charge is -2.07. The number of thiazole rings is 1. The Morgan fingerprint density at radius 2 is 2.07 bits per heavy atom. The first-order valence-corrected chi connectivity index (χ1v) is 9.80. The van der Waals surface area contributed by atoms with Crippen molar-refractivity contribution in [3.05, 3.63) is 86.6 Å². The highest BCUT2D eigenvalue weighted by molar-refractivity contribution is 7.13. The highest BCUT2D eigenvalue weighted by atomic mass is 35.5. The van der Waals surface area contributed by atoms with Crippen LogP contribution in [-0.4, -0.2) is 30.9 Å². The number of hydrogen-bond acceptors (Lipinski definition) is 8. The second-order valence-electron chi connectivity index (χ2n) is 6.01. The average Bonchev–Trinajstić information content (AvgIpc) is 3.42. The molecule has 2 heterocycles. The van der Waals surface area contributed by atoms with Gasteiger partial charge in [-0.3, -0.25) is 10.1 Å². The fourth-order valence-corrected chi connectivity index (χ4v) is 3.66. The molecule has 0 radical (unpaired) electrons. The van der Waals surface area contributed by atoms with Gasteiger partial charge in [-0.15, -0.1) is 16.4 Å². The van der Waals surface area contributed by atoms with Crippen molar-refractivity contribution in [1.29, 1.82) is 0 Å². The van der Waals surface area contributed by atoms with Gasteiger partial charge in [0.05, 0.1) is 27.5 Å². The van der Waals surface area contributed by atoms with Crippen molar-refractivity contribution in [2.45, 2.75) is 6.61 Å². The first kappa shape index (κ1) is 19.7. The van der Waals surface area contributed by atoms with E-state index in [1.165, 1.54) is 34.3 Å². The molecule has 4 aromatic rings. The number of non-ortho nitro benzene ring substituents is 1. The van der Waals surface area contributed by atoms with E-state index in [1.54, 1.807) is 41.8 Å². The zero-order chi connectivity index (χ0) is 21.1. The Balaban J connectivity index is 1.48. The van der Waals surface area contributed by atoms with E-state index in [1.807, 2.05) is 0 Å². The number of carbonyl (C=O) groups is 1. The summed E-state index contributed by atoms with van der Waals surface area (Å²) in [6, 6.07) is 13.1. The van der Waals surface area contributed by atoms with E-state index in [0.717, 1.165) is 0 Å². The molecule has 2 aromatic carbocycles. The maximum Gasteiger partial charge on any atom is 0.359 e. The zero-order valence-electron chi connectivity index (χ0n) is 15.1. The van der Waals surface area contributed by atoms with Crippen LogP contribution in [-0.2, 0) is 11.3 Å². The lowest BCUT2D eigenvalue weighted by Crippen LogP contribution is -2.12. The Morgan fingerprint density at radius 3 is 2.87 bits per heavy atom. The molecule has 0 bridgehead atoms. The van der Waals surface area contributed by atoms with E-state index in [4.69, 9.17) is 16.3 Å². The number of hydrogen-bond donors (Lipinski definition) is 0. The van der Waals surface area contributed by atoms with Gasteiger partial charge in [0.15, 0.2) is 5.69 Å². The van der Waals surface area contributed by atoms with Gasteiger partial charge in [0.2, 0.25) is 0 Å². The molecule has 30 heavy (non-hydrogen) atoms. The van der Waals surface area contributed by atoms with Gasteiger partial charge in [0, 0.05) is 23.1 Å². The fraction of sp³-hybridized carbons (Fsp3) is 0.0526. The van der Waals surface area contributed by atoms with Gasteiger partial charge in [-0.05, 0) is 12.1 Å². The second kappa shape index (κ2) is 8.39. The van der Waals surface area contributed by atoms with Crippen LogP contribution < -0.4 is 0 Å². The summed E-state index contributed by atoms with van der Waals surface area (Å²) in [7, 11) is 0. The smallest absolute Gasteiger partial charge is 0.359 e. The summed E-state index contributed by atoms with van der Waals surface area (Å²) < 4.78 is 6.64. The van der Waals surface area contributed by atoms with Gasteiger partial charge in [-0.1, -0.05) is 41.1 Å². The molecule has 150 valence electrons. The quantitative estimate of drug-likeness (QED) is 0.249. The molecule has 0 aliphatic carbocycles. The van der Waals surface area contributed by atoms with Crippen LogP contribution in [0.3, 0.4) is 0 Å². The summed E-state index contributed by atoms with van der Waals surface area (Å²) >= 11 is 7.47. The third-order valence-corrected chi connectivity index (χ3v) is 5.31. The molecule has 4 rings (SSSR count). The molecule has 0 spiro atoms. The molecule has 2 aromatic heterocycles. The second-order valence-corrected chi connectivity index (χ2v) is 7.28. The molecule has 9 nitrogen and oxygen atoms in total. The molecule has 0 aliphatic rings. The number of para-hydroxylation sites is 1. The van der Waals surface area contributed by atoms with Crippen LogP contribution in [0.2, 0.25) is 5.02 Å². The largest absolute Gasteiger partial charge is 0.454 e. The van der Waals surface area contributed by atoms with Crippen molar-refractivity contribution >= 4 is 34.6 Å². The number of benzene rings is 2. The van der Waals surface area contributed by atoms with Gasteiger partial charge in [-0.2, -0.15) is 0 Å². The lowest BCUT2D eigenvalue weighted by atomic mass is 10.2. The molecular formula is C19H12ClN5O4S. The number of aromatic nitrogens is 4. The van der Waals surface area contributed by atoms with E-state index >= 15 is 0 Å². The van der Waals surface area contributed by atoms with Gasteiger partial charge in [0.1, 0.15) is 11.6 Å². The van der Waals surface area contributed by atoms with Crippen molar-refractivity contribution in [2.75, 3.05) is 0 Å². The first-order chi connectivity index (χ1) is 14.5. The number of ether oxygens (including phenoxy) is 1. The molecule has 0 atom stereocenters. The third kappa shape index (κ3) is 4.04. The summed E-state index contributed by atoms with van der Waals surface area (Å²) in [5.74, 6) is -0.634. The first-order valence-electron chi connectivity index (χ1n) is 8.55. The van der Waals surface area contributed by atoms with Crippen molar-refractivity contribution in [2.24, 2.45) is 0 Å². The molecule has 11 heteroatoms. The van der Waals surface area contributed by atoms with Crippen LogP contribution in [0.25, 0.3) is 16.3 Å². The van der Waals surface area contributed by atoms with Gasteiger partial charge in [0.25, 0.3) is 5.69 Å². The van der Waals surface area contributed by atoms with E-state index in [2.05, 4.69) is 15.3 Å². The molecular weight excluding hydrogens is 430 g/mol. The predicted molar refractivity (Wildman–Crippen MR) is 110 cm³/mol. The Labute approximate surface area is 178 Å². The summed E-state index contributed by atoms with van der Waals surface area (Å²) in [6.07, 6.45) is 1.29. The zero-order valence-corrected chi connectivity index (χ0v) is 16.7. The molecule has 0 aliphatic heterocycles. The number of carbonyl (C=O) groups excluding carboxylic acids is 1. The molecule has 0 unspecified atom stereocenters. The molecule has 0 N–H and O–H groups in total. The summed E-state index contributed by atoms with van der Waals surface area (Å²) in [5, 5.41) is 21.3. The maximum absolute atomic E-state index is 12.5. The maximum atomic E-state index is 12.5. The SMILES string of the molecule is O=C(OCc1csc(-c2cccc([N+](=O)[O-])c2)n1)c1cnnn1-c1ccccc1Cl. The normalized spacial score (nSPS) is 10.7. The number of nitro groups is 1. The summed E-state index contributed by atoms with van der Waals surface area (Å²) in [5.41, 5.74) is 1.75. The van der Waals surface area contributed by atoms with Crippen LogP contribution in [0.15, 0.2) is 60.1 Å². The molecule has 0 fully saturated rings. The van der Waals surface area contributed by atoms with Crippen LogP contribution in [0, 0.1) is 10.1 Å². The van der Waals surface area contributed by atoms with Gasteiger partial charge >= 0.3 is 5.97 Å². The molecule has 0 saturated heterocycles. The highest BCUT2D eigenvalue weighted by Crippen LogP contribution is 2.27. The third-order valence-electron chi connectivity index (χ3n) is 4.05. The number of halogens is 1. The monoisotopic (exact) mass is 441 g/mol. The Kier molecular flexibility index (Phi) is 5.50. The van der Waals surface area contributed by atoms with Crippen molar-refractivity contribution in [3.63, 3.8) is 0 Å². The minimum atomic E-state index is -0.634. The number of esters is 1. The lowest BCUT2D eigenvalue weighted by molar-refractivity contribution is -0.384. The average molecular weight is 442 g/mol. The Morgan fingerprint density at radius 1 is 1.23 bits per heavy atom. The van der Waals surface area contributed by atoms with Crippen molar-refractivity contribution in [1.82, 2.24) is 20.0 Å². The van der Waals surface area contributed by atoms with Crippen LogP contribution in [0.4, 0.5) is 5.69 Å². The highest BCUT2D eigenvalue weighted by Gasteiger charge is 2.18. The van der Waals surface area contributed by atoms with Gasteiger partial charge in [-0.25, -0.2) is 14.5 Å².